The number of methoxy groups -OCH3 is 1. The van der Waals surface area contributed by atoms with Crippen LogP contribution in [0.25, 0.3) is 0 Å². The fraction of sp³-hybridized carbons (Fsp3) is 1.00. The van der Waals surface area contributed by atoms with Gasteiger partial charge in [-0.3, -0.25) is 9.80 Å². The molecule has 0 amide bonds. The second kappa shape index (κ2) is 6.08. The first kappa shape index (κ1) is 13.8. The minimum Gasteiger partial charge on any atom is -0.380 e. The lowest BCUT2D eigenvalue weighted by molar-refractivity contribution is -0.0913. The molecule has 110 valence electrons. The number of rotatable bonds is 3. The highest BCUT2D eigenvalue weighted by Crippen LogP contribution is 2.30. The summed E-state index contributed by atoms with van der Waals surface area (Å²) in [5, 5.41) is 0. The molecule has 3 fully saturated rings. The van der Waals surface area contributed by atoms with Gasteiger partial charge in [0.2, 0.25) is 0 Å². The summed E-state index contributed by atoms with van der Waals surface area (Å²) in [5.74, 6) is 0.828. The third-order valence-corrected chi connectivity index (χ3v) is 5.28. The molecule has 0 aromatic rings. The fourth-order valence-corrected chi connectivity index (χ4v) is 3.85. The molecule has 3 unspecified atom stereocenters. The third kappa shape index (κ3) is 2.97. The Morgan fingerprint density at radius 2 is 1.68 bits per heavy atom. The van der Waals surface area contributed by atoms with Gasteiger partial charge in [0, 0.05) is 39.3 Å². The fourth-order valence-electron chi connectivity index (χ4n) is 3.85. The summed E-state index contributed by atoms with van der Waals surface area (Å²) in [6, 6.07) is 1.35. The van der Waals surface area contributed by atoms with Gasteiger partial charge in [-0.2, -0.15) is 0 Å². The normalized spacial score (nSPS) is 39.2. The molecule has 3 rings (SSSR count). The Kier molecular flexibility index (Phi) is 4.42. The van der Waals surface area contributed by atoms with Crippen LogP contribution in [0.2, 0.25) is 0 Å². The van der Waals surface area contributed by atoms with Crippen molar-refractivity contribution in [2.24, 2.45) is 5.92 Å². The van der Waals surface area contributed by atoms with E-state index in [1.807, 2.05) is 7.11 Å². The van der Waals surface area contributed by atoms with E-state index in [1.54, 1.807) is 0 Å². The molecular weight excluding hydrogens is 240 g/mol. The van der Waals surface area contributed by atoms with Gasteiger partial charge in [0.1, 0.15) is 0 Å². The predicted octanol–water partition coefficient (Wildman–Crippen LogP) is 1.21. The van der Waals surface area contributed by atoms with E-state index in [1.165, 1.54) is 45.4 Å². The Bertz CT molecular complexity index is 288. The first-order valence-corrected chi connectivity index (χ1v) is 7.86. The Hall–Kier alpha value is -0.160. The number of nitrogens with zero attached hydrogens (tertiary/aromatic N) is 2. The van der Waals surface area contributed by atoms with Crippen molar-refractivity contribution < 1.29 is 9.47 Å². The van der Waals surface area contributed by atoms with Gasteiger partial charge in [-0.15, -0.1) is 0 Å². The highest BCUT2D eigenvalue weighted by molar-refractivity contribution is 4.90. The second-order valence-electron chi connectivity index (χ2n) is 6.52. The molecule has 0 bridgehead atoms. The monoisotopic (exact) mass is 268 g/mol. The van der Waals surface area contributed by atoms with Crippen LogP contribution in [0.15, 0.2) is 0 Å². The molecule has 1 aliphatic carbocycles. The summed E-state index contributed by atoms with van der Waals surface area (Å²) >= 11 is 0. The van der Waals surface area contributed by atoms with Gasteiger partial charge in [-0.25, -0.2) is 0 Å². The van der Waals surface area contributed by atoms with Gasteiger partial charge in [0.25, 0.3) is 0 Å². The molecule has 3 aliphatic rings. The van der Waals surface area contributed by atoms with Crippen molar-refractivity contribution in [3.05, 3.63) is 0 Å². The van der Waals surface area contributed by atoms with E-state index < -0.39 is 0 Å². The summed E-state index contributed by atoms with van der Waals surface area (Å²) in [4.78, 5) is 5.28. The van der Waals surface area contributed by atoms with E-state index in [4.69, 9.17) is 9.47 Å². The first-order chi connectivity index (χ1) is 9.28. The predicted molar refractivity (Wildman–Crippen MR) is 75.4 cm³/mol. The van der Waals surface area contributed by atoms with Crippen LogP contribution in [-0.4, -0.2) is 74.5 Å². The van der Waals surface area contributed by atoms with Crippen molar-refractivity contribution in [3.63, 3.8) is 0 Å². The highest BCUT2D eigenvalue weighted by Gasteiger charge is 2.36. The van der Waals surface area contributed by atoms with Crippen LogP contribution in [0.1, 0.15) is 26.2 Å². The van der Waals surface area contributed by atoms with Crippen LogP contribution in [0.5, 0.6) is 0 Å². The minimum absolute atomic E-state index is 0.447. The lowest BCUT2D eigenvalue weighted by atomic mass is 9.84. The van der Waals surface area contributed by atoms with Gasteiger partial charge < -0.3 is 9.47 Å². The summed E-state index contributed by atoms with van der Waals surface area (Å²) in [7, 11) is 1.89. The highest BCUT2D eigenvalue weighted by atomic mass is 16.5. The van der Waals surface area contributed by atoms with Crippen LogP contribution < -0.4 is 0 Å². The van der Waals surface area contributed by atoms with E-state index in [-0.39, 0.29) is 0 Å². The number of hydrogen-bond acceptors (Lipinski definition) is 4. The van der Waals surface area contributed by atoms with Crippen LogP contribution in [0.3, 0.4) is 0 Å². The van der Waals surface area contributed by atoms with Gasteiger partial charge >= 0.3 is 0 Å². The molecule has 4 heteroatoms. The minimum atomic E-state index is 0.447. The van der Waals surface area contributed by atoms with E-state index in [0.717, 1.165) is 19.1 Å². The smallest absolute Gasteiger partial charge is 0.0729 e. The SMILES string of the molecule is COC1CC(C)CCC1N1CCN(C2COC2)CC1. The molecular formula is C15H28N2O2. The van der Waals surface area contributed by atoms with Gasteiger partial charge in [0.15, 0.2) is 0 Å². The van der Waals surface area contributed by atoms with Crippen molar-refractivity contribution in [2.45, 2.75) is 44.4 Å². The maximum atomic E-state index is 5.76. The van der Waals surface area contributed by atoms with Gasteiger partial charge in [-0.1, -0.05) is 6.92 Å². The van der Waals surface area contributed by atoms with Crippen molar-refractivity contribution in [1.29, 1.82) is 0 Å². The van der Waals surface area contributed by atoms with E-state index >= 15 is 0 Å². The molecule has 2 aliphatic heterocycles. The lowest BCUT2D eigenvalue weighted by Crippen LogP contribution is -2.60. The first-order valence-electron chi connectivity index (χ1n) is 7.86. The Morgan fingerprint density at radius 1 is 1.00 bits per heavy atom. The maximum Gasteiger partial charge on any atom is 0.0729 e. The van der Waals surface area contributed by atoms with Crippen molar-refractivity contribution >= 4 is 0 Å². The molecule has 0 radical (unpaired) electrons. The van der Waals surface area contributed by atoms with E-state index in [9.17, 15) is 0 Å². The summed E-state index contributed by atoms with van der Waals surface area (Å²) in [6.45, 7) is 9.07. The lowest BCUT2D eigenvalue weighted by Gasteiger charge is -2.47. The van der Waals surface area contributed by atoms with E-state index in [2.05, 4.69) is 16.7 Å². The molecule has 2 saturated heterocycles. The van der Waals surface area contributed by atoms with Crippen LogP contribution in [0, 0.1) is 5.92 Å². The van der Waals surface area contributed by atoms with E-state index in [0.29, 0.717) is 18.2 Å². The molecule has 0 aromatic carbocycles. The Balaban J connectivity index is 1.52. The Labute approximate surface area is 117 Å². The van der Waals surface area contributed by atoms with Crippen molar-refractivity contribution in [3.8, 4) is 0 Å². The van der Waals surface area contributed by atoms with Crippen LogP contribution in [-0.2, 0) is 9.47 Å². The van der Waals surface area contributed by atoms with Gasteiger partial charge in [0.05, 0.1) is 25.4 Å². The molecule has 3 atom stereocenters. The third-order valence-electron chi connectivity index (χ3n) is 5.28. The van der Waals surface area contributed by atoms with Crippen molar-refractivity contribution in [2.75, 3.05) is 46.5 Å². The summed E-state index contributed by atoms with van der Waals surface area (Å²) in [5.41, 5.74) is 0. The molecule has 0 N–H and O–H groups in total. The molecule has 1 saturated carbocycles. The quantitative estimate of drug-likeness (QED) is 0.768. The summed E-state index contributed by atoms with van der Waals surface area (Å²) in [6.07, 6.45) is 4.35. The molecule has 0 spiro atoms. The van der Waals surface area contributed by atoms with Crippen LogP contribution in [0.4, 0.5) is 0 Å². The summed E-state index contributed by atoms with van der Waals surface area (Å²) < 4.78 is 11.1. The number of ether oxygens (including phenoxy) is 2. The molecule has 2 heterocycles. The molecule has 19 heavy (non-hydrogen) atoms. The average molecular weight is 268 g/mol. The standard InChI is InChI=1S/C15H28N2O2/c1-12-3-4-14(15(9-12)18-2)17-7-5-16(6-8-17)13-10-19-11-13/h12-15H,3-11H2,1-2H3. The largest absolute Gasteiger partial charge is 0.380 e. The number of piperazine rings is 1. The van der Waals surface area contributed by atoms with Crippen molar-refractivity contribution in [1.82, 2.24) is 9.80 Å². The molecule has 4 nitrogen and oxygen atoms in total. The number of hydrogen-bond donors (Lipinski definition) is 0. The second-order valence-corrected chi connectivity index (χ2v) is 6.52. The topological polar surface area (TPSA) is 24.9 Å². The Morgan fingerprint density at radius 3 is 2.26 bits per heavy atom. The zero-order chi connectivity index (χ0) is 13.2. The average Bonchev–Trinajstić information content (AvgIpc) is 2.38. The zero-order valence-electron chi connectivity index (χ0n) is 12.4. The van der Waals surface area contributed by atoms with Crippen LogP contribution >= 0.6 is 0 Å². The maximum absolute atomic E-state index is 5.76. The molecule has 0 aromatic heterocycles. The van der Waals surface area contributed by atoms with Gasteiger partial charge in [-0.05, 0) is 25.2 Å². The zero-order valence-corrected chi connectivity index (χ0v) is 12.4.